The van der Waals surface area contributed by atoms with E-state index < -0.39 is 24.5 Å². The summed E-state index contributed by atoms with van der Waals surface area (Å²) in [4.78, 5) is 48.0. The minimum absolute atomic E-state index is 0.0199. The molecule has 0 bridgehead atoms. The molecule has 152 valence electrons. The number of benzene rings is 1. The Morgan fingerprint density at radius 2 is 1.86 bits per heavy atom. The molecule has 2 rings (SSSR count). The number of imide groups is 1. The first kappa shape index (κ1) is 21.4. The lowest BCUT2D eigenvalue weighted by atomic mass is 10.1. The summed E-state index contributed by atoms with van der Waals surface area (Å²) in [6, 6.07) is 6.31. The molecule has 1 aromatic carbocycles. The number of ether oxygens (including phenoxy) is 2. The summed E-state index contributed by atoms with van der Waals surface area (Å²) in [6.45, 7) is 2.90. The minimum Gasteiger partial charge on any atom is -0.494 e. The molecule has 0 spiro atoms. The van der Waals surface area contributed by atoms with Crippen molar-refractivity contribution < 1.29 is 28.7 Å². The summed E-state index contributed by atoms with van der Waals surface area (Å²) in [5.74, 6) is -0.724. The van der Waals surface area contributed by atoms with Gasteiger partial charge in [0, 0.05) is 25.1 Å². The van der Waals surface area contributed by atoms with E-state index in [4.69, 9.17) is 9.47 Å². The third-order valence-electron chi connectivity index (χ3n) is 4.26. The van der Waals surface area contributed by atoms with E-state index >= 15 is 0 Å². The molecule has 8 nitrogen and oxygen atoms in total. The maximum absolute atomic E-state index is 12.2. The topological polar surface area (TPSA) is 102 Å². The molecule has 0 radical (unpaired) electrons. The lowest BCUT2D eigenvalue weighted by molar-refractivity contribution is -0.150. The minimum atomic E-state index is -0.655. The Balaban J connectivity index is 1.68. The van der Waals surface area contributed by atoms with Crippen molar-refractivity contribution in [2.45, 2.75) is 39.0 Å². The van der Waals surface area contributed by atoms with Crippen LogP contribution >= 0.6 is 0 Å². The summed E-state index contributed by atoms with van der Waals surface area (Å²) >= 11 is 0. The van der Waals surface area contributed by atoms with Crippen LogP contribution < -0.4 is 10.1 Å². The molecule has 3 amide bonds. The monoisotopic (exact) mass is 390 g/mol. The predicted molar refractivity (Wildman–Crippen MR) is 101 cm³/mol. The summed E-state index contributed by atoms with van der Waals surface area (Å²) < 4.78 is 10.4. The first-order valence-electron chi connectivity index (χ1n) is 9.51. The number of hydrogen-bond acceptors (Lipinski definition) is 6. The molecule has 1 saturated heterocycles. The second-order valence-electron chi connectivity index (χ2n) is 6.44. The highest BCUT2D eigenvalue weighted by molar-refractivity contribution is 5.98. The molecule has 1 aromatic rings. The standard InChI is InChI=1S/C20H26N2O6/c1-2-3-4-13-27-16-7-5-15(6-8-16)17(23)9-10-19(25)28-14-18(24)22-12-11-21-20(22)26/h5-8H,2-4,9-14H2,1H3,(H,21,26). The van der Waals surface area contributed by atoms with Crippen molar-refractivity contribution in [3.8, 4) is 5.75 Å². The van der Waals surface area contributed by atoms with E-state index in [0.717, 1.165) is 24.2 Å². The van der Waals surface area contributed by atoms with Gasteiger partial charge in [0.1, 0.15) is 5.75 Å². The van der Waals surface area contributed by atoms with Crippen LogP contribution in [0.25, 0.3) is 0 Å². The van der Waals surface area contributed by atoms with Crippen LogP contribution in [0.2, 0.25) is 0 Å². The molecule has 1 aliphatic rings. The summed E-state index contributed by atoms with van der Waals surface area (Å²) in [7, 11) is 0. The van der Waals surface area contributed by atoms with Crippen molar-refractivity contribution in [1.29, 1.82) is 0 Å². The molecule has 8 heteroatoms. The van der Waals surface area contributed by atoms with Crippen LogP contribution in [-0.2, 0) is 14.3 Å². The van der Waals surface area contributed by atoms with Crippen LogP contribution in [0, 0.1) is 0 Å². The Bertz CT molecular complexity index is 701. The maximum atomic E-state index is 12.2. The highest BCUT2D eigenvalue weighted by atomic mass is 16.5. The fraction of sp³-hybridized carbons (Fsp3) is 0.500. The molecule has 1 N–H and O–H groups in total. The molecular weight excluding hydrogens is 364 g/mol. The molecule has 28 heavy (non-hydrogen) atoms. The van der Waals surface area contributed by atoms with Gasteiger partial charge in [0.2, 0.25) is 0 Å². The Hall–Kier alpha value is -2.90. The number of hydrogen-bond donors (Lipinski definition) is 1. The smallest absolute Gasteiger partial charge is 0.324 e. The van der Waals surface area contributed by atoms with Crippen LogP contribution in [0.4, 0.5) is 4.79 Å². The third kappa shape index (κ3) is 6.68. The third-order valence-corrected chi connectivity index (χ3v) is 4.26. The predicted octanol–water partition coefficient (Wildman–Crippen LogP) is 2.31. The molecule has 1 aliphatic heterocycles. The van der Waals surface area contributed by atoms with Gasteiger partial charge in [0.05, 0.1) is 13.0 Å². The zero-order valence-electron chi connectivity index (χ0n) is 16.1. The number of unbranched alkanes of at least 4 members (excludes halogenated alkanes) is 2. The van der Waals surface area contributed by atoms with Crippen LogP contribution in [-0.4, -0.2) is 54.9 Å². The largest absolute Gasteiger partial charge is 0.494 e. The molecule has 0 atom stereocenters. The second kappa shape index (κ2) is 11.1. The van der Waals surface area contributed by atoms with Crippen LogP contribution in [0.15, 0.2) is 24.3 Å². The van der Waals surface area contributed by atoms with Gasteiger partial charge in [-0.2, -0.15) is 0 Å². The van der Waals surface area contributed by atoms with Crippen molar-refractivity contribution in [1.82, 2.24) is 10.2 Å². The Morgan fingerprint density at radius 1 is 1.11 bits per heavy atom. The van der Waals surface area contributed by atoms with Crippen LogP contribution in [0.5, 0.6) is 5.75 Å². The molecule has 1 heterocycles. The number of rotatable bonds is 11. The fourth-order valence-corrected chi connectivity index (χ4v) is 2.64. The van der Waals surface area contributed by atoms with Gasteiger partial charge >= 0.3 is 12.0 Å². The molecule has 0 aromatic heterocycles. The average molecular weight is 390 g/mol. The van der Waals surface area contributed by atoms with Crippen molar-refractivity contribution in [3.63, 3.8) is 0 Å². The molecular formula is C20H26N2O6. The van der Waals surface area contributed by atoms with E-state index in [1.807, 2.05) is 0 Å². The average Bonchev–Trinajstić information content (AvgIpc) is 3.14. The van der Waals surface area contributed by atoms with Gasteiger partial charge in [-0.1, -0.05) is 19.8 Å². The summed E-state index contributed by atoms with van der Waals surface area (Å²) in [5, 5.41) is 2.49. The zero-order valence-corrected chi connectivity index (χ0v) is 16.1. The normalized spacial score (nSPS) is 13.2. The number of nitrogens with zero attached hydrogens (tertiary/aromatic N) is 1. The van der Waals surface area contributed by atoms with Crippen molar-refractivity contribution in [2.24, 2.45) is 0 Å². The van der Waals surface area contributed by atoms with E-state index in [1.165, 1.54) is 0 Å². The number of ketones is 1. The van der Waals surface area contributed by atoms with Crippen molar-refractivity contribution in [2.75, 3.05) is 26.3 Å². The number of amides is 3. The van der Waals surface area contributed by atoms with E-state index in [1.54, 1.807) is 24.3 Å². The highest BCUT2D eigenvalue weighted by Gasteiger charge is 2.26. The molecule has 0 saturated carbocycles. The van der Waals surface area contributed by atoms with Gasteiger partial charge in [-0.25, -0.2) is 4.79 Å². The highest BCUT2D eigenvalue weighted by Crippen LogP contribution is 2.15. The van der Waals surface area contributed by atoms with E-state index in [9.17, 15) is 19.2 Å². The first-order chi connectivity index (χ1) is 13.5. The fourth-order valence-electron chi connectivity index (χ4n) is 2.64. The summed E-state index contributed by atoms with van der Waals surface area (Å²) in [5.41, 5.74) is 0.485. The first-order valence-corrected chi connectivity index (χ1v) is 9.51. The molecule has 1 fully saturated rings. The molecule has 0 aliphatic carbocycles. The Kier molecular flexibility index (Phi) is 8.45. The number of urea groups is 1. The van der Waals surface area contributed by atoms with E-state index in [-0.39, 0.29) is 25.2 Å². The van der Waals surface area contributed by atoms with E-state index in [0.29, 0.717) is 24.5 Å². The second-order valence-corrected chi connectivity index (χ2v) is 6.44. The van der Waals surface area contributed by atoms with Crippen LogP contribution in [0.1, 0.15) is 49.4 Å². The van der Waals surface area contributed by atoms with E-state index in [2.05, 4.69) is 12.2 Å². The number of Topliss-reactive ketones (excluding diaryl/α,β-unsaturated/α-hetero) is 1. The molecule has 0 unspecified atom stereocenters. The van der Waals surface area contributed by atoms with Crippen molar-refractivity contribution >= 4 is 23.7 Å². The van der Waals surface area contributed by atoms with Crippen LogP contribution in [0.3, 0.4) is 0 Å². The van der Waals surface area contributed by atoms with Gasteiger partial charge in [0.25, 0.3) is 5.91 Å². The quantitative estimate of drug-likeness (QED) is 0.353. The van der Waals surface area contributed by atoms with Gasteiger partial charge in [-0.05, 0) is 30.7 Å². The van der Waals surface area contributed by atoms with Gasteiger partial charge < -0.3 is 14.8 Å². The Labute approximate surface area is 164 Å². The number of carbonyl (C=O) groups excluding carboxylic acids is 4. The zero-order chi connectivity index (χ0) is 20.4. The van der Waals surface area contributed by atoms with Gasteiger partial charge in [-0.3, -0.25) is 19.3 Å². The number of carbonyl (C=O) groups is 4. The lowest BCUT2D eigenvalue weighted by Crippen LogP contribution is -2.37. The lowest BCUT2D eigenvalue weighted by Gasteiger charge is -2.12. The number of nitrogens with one attached hydrogen (secondary N) is 1. The van der Waals surface area contributed by atoms with Gasteiger partial charge in [-0.15, -0.1) is 0 Å². The SMILES string of the molecule is CCCCCOc1ccc(C(=O)CCC(=O)OCC(=O)N2CCNC2=O)cc1. The maximum Gasteiger partial charge on any atom is 0.324 e. The number of esters is 1. The summed E-state index contributed by atoms with van der Waals surface area (Å²) in [6.07, 6.45) is 3.08. The van der Waals surface area contributed by atoms with Gasteiger partial charge in [0.15, 0.2) is 12.4 Å². The van der Waals surface area contributed by atoms with Crippen molar-refractivity contribution in [3.05, 3.63) is 29.8 Å². The Morgan fingerprint density at radius 3 is 2.50 bits per heavy atom.